The molecule has 0 bridgehead atoms. The lowest BCUT2D eigenvalue weighted by atomic mass is 9.82. The average molecular weight is 405 g/mol. The zero-order valence-corrected chi connectivity index (χ0v) is 16.0. The smallest absolute Gasteiger partial charge is 0.322 e. The van der Waals surface area contributed by atoms with E-state index in [9.17, 15) is 19.2 Å². The minimum atomic E-state index is -0.905. The summed E-state index contributed by atoms with van der Waals surface area (Å²) in [6.07, 6.45) is 3.89. The number of benzene rings is 1. The molecule has 1 aliphatic carbocycles. The molecule has 3 aliphatic rings. The molecular formula is C19H21ClN4O4. The fourth-order valence-corrected chi connectivity index (χ4v) is 4.44. The maximum absolute atomic E-state index is 12.8. The van der Waals surface area contributed by atoms with E-state index in [0.717, 1.165) is 24.3 Å². The van der Waals surface area contributed by atoms with E-state index < -0.39 is 29.3 Å². The van der Waals surface area contributed by atoms with Gasteiger partial charge in [0.05, 0.1) is 16.6 Å². The lowest BCUT2D eigenvalue weighted by molar-refractivity contribution is -0.141. The zero-order chi connectivity index (χ0) is 19.9. The van der Waals surface area contributed by atoms with Crippen molar-refractivity contribution in [3.8, 4) is 0 Å². The number of urea groups is 1. The molecule has 2 aliphatic heterocycles. The summed E-state index contributed by atoms with van der Waals surface area (Å²) < 4.78 is 0. The Morgan fingerprint density at radius 1 is 1.14 bits per heavy atom. The number of hydrogen-bond acceptors (Lipinski definition) is 4. The number of anilines is 1. The van der Waals surface area contributed by atoms with Crippen molar-refractivity contribution in [1.29, 1.82) is 0 Å². The van der Waals surface area contributed by atoms with Crippen LogP contribution in [0.5, 0.6) is 0 Å². The van der Waals surface area contributed by atoms with Gasteiger partial charge in [0.1, 0.15) is 5.54 Å². The number of imide groups is 1. The quantitative estimate of drug-likeness (QED) is 0.752. The number of para-hydroxylation sites is 1. The first-order valence-electron chi connectivity index (χ1n) is 9.43. The van der Waals surface area contributed by atoms with E-state index >= 15 is 0 Å². The molecule has 1 spiro atoms. The Labute approximate surface area is 167 Å². The fourth-order valence-electron chi connectivity index (χ4n) is 4.20. The first kappa shape index (κ1) is 18.7. The monoisotopic (exact) mass is 404 g/mol. The van der Waals surface area contributed by atoms with Crippen LogP contribution in [0.2, 0.25) is 5.02 Å². The van der Waals surface area contributed by atoms with Crippen LogP contribution in [0, 0.1) is 5.92 Å². The molecule has 1 unspecified atom stereocenters. The molecule has 9 heteroatoms. The van der Waals surface area contributed by atoms with Gasteiger partial charge in [-0.3, -0.25) is 19.8 Å². The molecule has 1 aromatic carbocycles. The van der Waals surface area contributed by atoms with Crippen LogP contribution in [-0.2, 0) is 14.4 Å². The summed E-state index contributed by atoms with van der Waals surface area (Å²) in [4.78, 5) is 51.6. The Kier molecular flexibility index (Phi) is 4.74. The lowest BCUT2D eigenvalue weighted by Crippen LogP contribution is -2.52. The SMILES string of the molecule is O=C(NN1C(=O)NC2(CCCCC2)C1=O)C1CC(=O)N(c2ccccc2Cl)C1. The Morgan fingerprint density at radius 2 is 1.86 bits per heavy atom. The second-order valence-corrected chi connectivity index (χ2v) is 7.95. The van der Waals surface area contributed by atoms with Crippen LogP contribution in [0.4, 0.5) is 10.5 Å². The van der Waals surface area contributed by atoms with Crippen LogP contribution in [0.15, 0.2) is 24.3 Å². The third-order valence-electron chi connectivity index (χ3n) is 5.73. The highest BCUT2D eigenvalue weighted by Gasteiger charge is 2.52. The third kappa shape index (κ3) is 3.11. The summed E-state index contributed by atoms with van der Waals surface area (Å²) in [6.45, 7) is 0.142. The van der Waals surface area contributed by atoms with E-state index in [2.05, 4.69) is 10.7 Å². The zero-order valence-electron chi connectivity index (χ0n) is 15.2. The number of hydrogen-bond donors (Lipinski definition) is 2. The van der Waals surface area contributed by atoms with Gasteiger partial charge < -0.3 is 10.2 Å². The van der Waals surface area contributed by atoms with Crippen LogP contribution in [0.25, 0.3) is 0 Å². The number of nitrogens with one attached hydrogen (secondary N) is 2. The molecule has 4 rings (SSSR count). The van der Waals surface area contributed by atoms with Gasteiger partial charge in [-0.05, 0) is 25.0 Å². The van der Waals surface area contributed by atoms with Crippen molar-refractivity contribution >= 4 is 41.0 Å². The minimum Gasteiger partial charge on any atom is -0.322 e. The molecule has 1 aromatic rings. The van der Waals surface area contributed by atoms with Crippen molar-refractivity contribution in [3.05, 3.63) is 29.3 Å². The van der Waals surface area contributed by atoms with Gasteiger partial charge in [-0.1, -0.05) is 43.0 Å². The summed E-state index contributed by atoms with van der Waals surface area (Å²) in [5, 5.41) is 3.94. The Bertz CT molecular complexity index is 852. The molecule has 28 heavy (non-hydrogen) atoms. The predicted octanol–water partition coefficient (Wildman–Crippen LogP) is 1.98. The van der Waals surface area contributed by atoms with E-state index in [4.69, 9.17) is 11.6 Å². The minimum absolute atomic E-state index is 0.00809. The number of nitrogens with zero attached hydrogens (tertiary/aromatic N) is 2. The summed E-state index contributed by atoms with van der Waals surface area (Å²) in [6, 6.07) is 6.29. The van der Waals surface area contributed by atoms with Gasteiger partial charge in [-0.2, -0.15) is 5.01 Å². The van der Waals surface area contributed by atoms with E-state index in [1.165, 1.54) is 4.90 Å². The number of amides is 5. The van der Waals surface area contributed by atoms with Crippen LogP contribution >= 0.6 is 11.6 Å². The lowest BCUT2D eigenvalue weighted by Gasteiger charge is -2.30. The second-order valence-electron chi connectivity index (χ2n) is 7.55. The van der Waals surface area contributed by atoms with Crippen molar-refractivity contribution in [2.24, 2.45) is 5.92 Å². The average Bonchev–Trinajstić information content (AvgIpc) is 3.16. The van der Waals surface area contributed by atoms with Crippen molar-refractivity contribution < 1.29 is 19.2 Å². The van der Waals surface area contributed by atoms with Gasteiger partial charge in [0.25, 0.3) is 5.91 Å². The van der Waals surface area contributed by atoms with Gasteiger partial charge >= 0.3 is 6.03 Å². The highest BCUT2D eigenvalue weighted by atomic mass is 35.5. The Morgan fingerprint density at radius 3 is 2.57 bits per heavy atom. The van der Waals surface area contributed by atoms with Crippen LogP contribution in [-0.4, -0.2) is 40.8 Å². The van der Waals surface area contributed by atoms with E-state index in [1.54, 1.807) is 24.3 Å². The topological polar surface area (TPSA) is 98.8 Å². The number of hydrazine groups is 1. The van der Waals surface area contributed by atoms with E-state index in [1.807, 2.05) is 0 Å². The molecule has 0 radical (unpaired) electrons. The molecule has 0 aromatic heterocycles. The fraction of sp³-hybridized carbons (Fsp3) is 0.474. The van der Waals surface area contributed by atoms with Crippen molar-refractivity contribution in [1.82, 2.24) is 15.8 Å². The van der Waals surface area contributed by atoms with Crippen molar-refractivity contribution in [2.45, 2.75) is 44.1 Å². The first-order chi connectivity index (χ1) is 13.4. The van der Waals surface area contributed by atoms with Gasteiger partial charge in [0.2, 0.25) is 11.8 Å². The van der Waals surface area contributed by atoms with E-state index in [-0.39, 0.29) is 18.9 Å². The van der Waals surface area contributed by atoms with Crippen LogP contribution in [0.1, 0.15) is 38.5 Å². The largest absolute Gasteiger partial charge is 0.344 e. The van der Waals surface area contributed by atoms with Crippen molar-refractivity contribution in [2.75, 3.05) is 11.4 Å². The summed E-state index contributed by atoms with van der Waals surface area (Å²) in [5.41, 5.74) is 2.06. The summed E-state index contributed by atoms with van der Waals surface area (Å²) >= 11 is 6.15. The Balaban J connectivity index is 1.44. The second kappa shape index (κ2) is 7.09. The van der Waals surface area contributed by atoms with Gasteiger partial charge in [-0.25, -0.2) is 4.79 Å². The molecule has 2 saturated heterocycles. The highest BCUT2D eigenvalue weighted by molar-refractivity contribution is 6.33. The van der Waals surface area contributed by atoms with Gasteiger partial charge in [-0.15, -0.1) is 0 Å². The number of rotatable bonds is 3. The first-order valence-corrected chi connectivity index (χ1v) is 9.81. The molecule has 3 fully saturated rings. The van der Waals surface area contributed by atoms with Gasteiger partial charge in [0, 0.05) is 13.0 Å². The molecule has 1 atom stereocenters. The standard InChI is InChI=1S/C19H21ClN4O4/c20-13-6-2-3-7-14(13)23-11-12(10-15(23)25)16(26)22-24-17(27)19(21-18(24)28)8-4-1-5-9-19/h2-3,6-7,12H,1,4-5,8-11H2,(H,21,28)(H,22,26). The maximum atomic E-state index is 12.8. The molecule has 5 amide bonds. The molecule has 8 nitrogen and oxygen atoms in total. The third-order valence-corrected chi connectivity index (χ3v) is 6.05. The molecule has 1 saturated carbocycles. The summed E-state index contributed by atoms with van der Waals surface area (Å²) in [5.74, 6) is -1.85. The Hall–Kier alpha value is -2.61. The van der Waals surface area contributed by atoms with Crippen LogP contribution in [0.3, 0.4) is 0 Å². The number of carbonyl (C=O) groups excluding carboxylic acids is 4. The number of halogens is 1. The van der Waals surface area contributed by atoms with E-state index in [0.29, 0.717) is 23.6 Å². The van der Waals surface area contributed by atoms with Gasteiger partial charge in [0.15, 0.2) is 0 Å². The maximum Gasteiger partial charge on any atom is 0.344 e. The van der Waals surface area contributed by atoms with Crippen LogP contribution < -0.4 is 15.6 Å². The van der Waals surface area contributed by atoms with Crippen molar-refractivity contribution in [3.63, 3.8) is 0 Å². The molecule has 148 valence electrons. The summed E-state index contributed by atoms with van der Waals surface area (Å²) in [7, 11) is 0. The molecular weight excluding hydrogens is 384 g/mol. The highest BCUT2D eigenvalue weighted by Crippen LogP contribution is 2.34. The molecule has 2 N–H and O–H groups in total. The predicted molar refractivity (Wildman–Crippen MR) is 101 cm³/mol. The normalized spacial score (nSPS) is 24.0. The number of carbonyl (C=O) groups is 4. The molecule has 2 heterocycles.